The van der Waals surface area contributed by atoms with Gasteiger partial charge in [0.25, 0.3) is 0 Å². The van der Waals surface area contributed by atoms with E-state index in [1.807, 2.05) is 20.2 Å². The number of hydrogen-bond donors (Lipinski definition) is 2. The molecule has 2 N–H and O–H groups in total. The van der Waals surface area contributed by atoms with Gasteiger partial charge >= 0.3 is 5.97 Å². The normalized spacial score (nSPS) is 22.0. The van der Waals surface area contributed by atoms with E-state index >= 15 is 0 Å². The minimum Gasteiger partial charge on any atom is -0.481 e. The number of carboxylic acids is 1. The lowest BCUT2D eigenvalue weighted by Gasteiger charge is -2.27. The van der Waals surface area contributed by atoms with Gasteiger partial charge in [-0.3, -0.25) is 14.3 Å². The molecule has 1 aliphatic carbocycles. The zero-order valence-electron chi connectivity index (χ0n) is 12.6. The summed E-state index contributed by atoms with van der Waals surface area (Å²) < 4.78 is 1.74. The quantitative estimate of drug-likeness (QED) is 0.861. The molecule has 0 spiro atoms. The van der Waals surface area contributed by atoms with Crippen LogP contribution in [0.2, 0.25) is 0 Å². The van der Waals surface area contributed by atoms with Gasteiger partial charge in [-0.2, -0.15) is 5.10 Å². The minimum atomic E-state index is -0.856. The number of amides is 1. The first-order valence-electron chi connectivity index (χ1n) is 7.54. The first-order valence-corrected chi connectivity index (χ1v) is 7.54. The minimum absolute atomic E-state index is 0.145. The third-order valence-electron chi connectivity index (χ3n) is 4.20. The second-order valence-electron chi connectivity index (χ2n) is 5.68. The van der Waals surface area contributed by atoms with Crippen molar-refractivity contribution in [3.05, 3.63) is 17.5 Å². The average Bonchev–Trinajstić information content (AvgIpc) is 2.84. The van der Waals surface area contributed by atoms with Crippen molar-refractivity contribution in [2.45, 2.75) is 45.6 Å². The molecule has 0 aliphatic heterocycles. The fourth-order valence-electron chi connectivity index (χ4n) is 3.08. The smallest absolute Gasteiger partial charge is 0.307 e. The maximum atomic E-state index is 12.3. The Labute approximate surface area is 124 Å². The molecule has 2 atom stereocenters. The van der Waals surface area contributed by atoms with Crippen LogP contribution in [0.4, 0.5) is 0 Å². The van der Waals surface area contributed by atoms with Gasteiger partial charge in [0.15, 0.2) is 0 Å². The van der Waals surface area contributed by atoms with E-state index in [1.165, 1.54) is 0 Å². The van der Waals surface area contributed by atoms with Gasteiger partial charge in [-0.25, -0.2) is 0 Å². The second kappa shape index (κ2) is 6.74. The first-order chi connectivity index (χ1) is 10.0. The van der Waals surface area contributed by atoms with Crippen LogP contribution in [0.25, 0.3) is 0 Å². The summed E-state index contributed by atoms with van der Waals surface area (Å²) in [6.45, 7) is 2.44. The van der Waals surface area contributed by atoms with Gasteiger partial charge in [-0.05, 0) is 19.3 Å². The van der Waals surface area contributed by atoms with E-state index < -0.39 is 17.8 Å². The van der Waals surface area contributed by atoms with E-state index in [1.54, 1.807) is 4.68 Å². The highest BCUT2D eigenvalue weighted by Crippen LogP contribution is 2.30. The van der Waals surface area contributed by atoms with Crippen molar-refractivity contribution in [2.75, 3.05) is 0 Å². The van der Waals surface area contributed by atoms with Crippen LogP contribution in [-0.2, 0) is 29.6 Å². The van der Waals surface area contributed by atoms with Gasteiger partial charge in [0.05, 0.1) is 17.5 Å². The molecular weight excluding hydrogens is 270 g/mol. The Hall–Kier alpha value is -1.85. The first kappa shape index (κ1) is 15.5. The van der Waals surface area contributed by atoms with Crippen molar-refractivity contribution in [1.29, 1.82) is 0 Å². The molecule has 1 aromatic heterocycles. The van der Waals surface area contributed by atoms with Gasteiger partial charge < -0.3 is 10.4 Å². The third-order valence-corrected chi connectivity index (χ3v) is 4.20. The van der Waals surface area contributed by atoms with E-state index in [0.29, 0.717) is 19.4 Å². The van der Waals surface area contributed by atoms with Crippen LogP contribution in [0.5, 0.6) is 0 Å². The predicted octanol–water partition coefficient (Wildman–Crippen LogP) is 1.49. The van der Waals surface area contributed by atoms with Crippen molar-refractivity contribution >= 4 is 11.9 Å². The van der Waals surface area contributed by atoms with Gasteiger partial charge in [-0.15, -0.1) is 0 Å². The summed E-state index contributed by atoms with van der Waals surface area (Å²) in [7, 11) is 1.85. The highest BCUT2D eigenvalue weighted by atomic mass is 16.4. The van der Waals surface area contributed by atoms with Crippen LogP contribution in [-0.4, -0.2) is 26.8 Å². The zero-order valence-corrected chi connectivity index (χ0v) is 12.6. The van der Waals surface area contributed by atoms with Gasteiger partial charge in [0.1, 0.15) is 0 Å². The van der Waals surface area contributed by atoms with Gasteiger partial charge in [0, 0.05) is 25.4 Å². The van der Waals surface area contributed by atoms with Crippen LogP contribution in [0.1, 0.15) is 43.9 Å². The predicted molar refractivity (Wildman–Crippen MR) is 77.5 cm³/mol. The van der Waals surface area contributed by atoms with Crippen LogP contribution >= 0.6 is 0 Å². The molecule has 0 saturated heterocycles. The molecule has 1 aromatic rings. The highest BCUT2D eigenvalue weighted by molar-refractivity contribution is 5.84. The Morgan fingerprint density at radius 2 is 2.05 bits per heavy atom. The Bertz CT molecular complexity index is 524. The lowest BCUT2D eigenvalue weighted by molar-refractivity contribution is -0.148. The molecule has 6 nitrogen and oxygen atoms in total. The lowest BCUT2D eigenvalue weighted by Crippen LogP contribution is -2.39. The maximum Gasteiger partial charge on any atom is 0.307 e. The summed E-state index contributed by atoms with van der Waals surface area (Å²) in [5, 5.41) is 16.5. The number of rotatable bonds is 5. The van der Waals surface area contributed by atoms with Gasteiger partial charge in [0.2, 0.25) is 5.91 Å². The fourth-order valence-corrected chi connectivity index (χ4v) is 3.08. The highest BCUT2D eigenvalue weighted by Gasteiger charge is 2.35. The van der Waals surface area contributed by atoms with Crippen molar-refractivity contribution in [3.8, 4) is 0 Å². The Morgan fingerprint density at radius 1 is 1.38 bits per heavy atom. The number of aromatic nitrogens is 2. The molecule has 0 unspecified atom stereocenters. The summed E-state index contributed by atoms with van der Waals surface area (Å²) >= 11 is 0. The SMILES string of the molecule is CCc1nn(C)cc1CNC(=O)[C@@H]1CCCC[C@@H]1C(=O)O. The van der Waals surface area contributed by atoms with Crippen LogP contribution in [0, 0.1) is 11.8 Å². The van der Waals surface area contributed by atoms with E-state index in [9.17, 15) is 14.7 Å². The number of carbonyl (C=O) groups is 2. The molecule has 116 valence electrons. The second-order valence-corrected chi connectivity index (χ2v) is 5.68. The van der Waals surface area contributed by atoms with E-state index in [4.69, 9.17) is 0 Å². The molecule has 0 radical (unpaired) electrons. The number of aliphatic carboxylic acids is 1. The molecule has 1 saturated carbocycles. The Balaban J connectivity index is 1.98. The largest absolute Gasteiger partial charge is 0.481 e. The summed E-state index contributed by atoms with van der Waals surface area (Å²) in [4.78, 5) is 23.5. The Kier molecular flexibility index (Phi) is 4.98. The van der Waals surface area contributed by atoms with Crippen molar-refractivity contribution in [3.63, 3.8) is 0 Å². The summed E-state index contributed by atoms with van der Waals surface area (Å²) in [5.41, 5.74) is 1.97. The molecule has 2 rings (SSSR count). The van der Waals surface area contributed by atoms with Crippen LogP contribution in [0.3, 0.4) is 0 Å². The zero-order chi connectivity index (χ0) is 15.4. The molecule has 0 bridgehead atoms. The summed E-state index contributed by atoms with van der Waals surface area (Å²) in [6.07, 6.45) is 5.79. The number of hydrogen-bond acceptors (Lipinski definition) is 3. The molecule has 6 heteroatoms. The van der Waals surface area contributed by atoms with E-state index in [0.717, 1.165) is 30.5 Å². The van der Waals surface area contributed by atoms with E-state index in [2.05, 4.69) is 10.4 Å². The standard InChI is InChI=1S/C15H23N3O3/c1-3-13-10(9-18(2)17-13)8-16-14(19)11-6-4-5-7-12(11)15(20)21/h9,11-12H,3-8H2,1-2H3,(H,16,19)(H,20,21)/t11-,12+/m1/s1. The summed E-state index contributed by atoms with van der Waals surface area (Å²) in [5.74, 6) is -1.95. The van der Waals surface area contributed by atoms with Crippen molar-refractivity contribution in [2.24, 2.45) is 18.9 Å². The van der Waals surface area contributed by atoms with Crippen molar-refractivity contribution < 1.29 is 14.7 Å². The molecule has 1 fully saturated rings. The molecular formula is C15H23N3O3. The molecule has 1 amide bonds. The monoisotopic (exact) mass is 293 g/mol. The average molecular weight is 293 g/mol. The van der Waals surface area contributed by atoms with Gasteiger partial charge in [-0.1, -0.05) is 19.8 Å². The molecule has 0 aromatic carbocycles. The van der Waals surface area contributed by atoms with Crippen LogP contribution in [0.15, 0.2) is 6.20 Å². The molecule has 21 heavy (non-hydrogen) atoms. The van der Waals surface area contributed by atoms with Crippen LogP contribution < -0.4 is 5.32 Å². The fraction of sp³-hybridized carbons (Fsp3) is 0.667. The lowest BCUT2D eigenvalue weighted by atomic mass is 9.78. The number of nitrogens with zero attached hydrogens (tertiary/aromatic N) is 2. The topological polar surface area (TPSA) is 84.2 Å². The number of carbonyl (C=O) groups excluding carboxylic acids is 1. The van der Waals surface area contributed by atoms with E-state index in [-0.39, 0.29) is 5.91 Å². The number of carboxylic acid groups (broad SMARTS) is 1. The maximum absolute atomic E-state index is 12.3. The number of nitrogens with one attached hydrogen (secondary N) is 1. The molecule has 1 heterocycles. The Morgan fingerprint density at radius 3 is 2.67 bits per heavy atom. The van der Waals surface area contributed by atoms with Crippen molar-refractivity contribution in [1.82, 2.24) is 15.1 Å². The number of aryl methyl sites for hydroxylation is 2. The summed E-state index contributed by atoms with van der Waals surface area (Å²) in [6, 6.07) is 0. The molecule has 1 aliphatic rings. The third kappa shape index (κ3) is 3.62.